The van der Waals surface area contributed by atoms with Crippen molar-refractivity contribution in [1.29, 1.82) is 0 Å². The number of carbonyl (C=O) groups excluding carboxylic acids is 1. The fraction of sp³-hybridized carbons (Fsp3) is 0.0500. The van der Waals surface area contributed by atoms with Gasteiger partial charge < -0.3 is 21.7 Å². The number of amides is 2. The summed E-state index contributed by atoms with van der Waals surface area (Å²) in [6, 6.07) is 7.44. The number of non-ortho nitro benzene ring substituents is 1. The van der Waals surface area contributed by atoms with Gasteiger partial charge in [-0.3, -0.25) is 19.2 Å². The van der Waals surface area contributed by atoms with Crippen LogP contribution in [-0.2, 0) is 29.6 Å². The first-order valence-corrected chi connectivity index (χ1v) is 14.4. The Balaban J connectivity index is 2.21. The van der Waals surface area contributed by atoms with E-state index in [1.54, 1.807) is 7.05 Å². The summed E-state index contributed by atoms with van der Waals surface area (Å²) < 4.78 is 73.1. The highest BCUT2D eigenvalue weighted by molar-refractivity contribution is 7.94. The third kappa shape index (κ3) is 8.08. The Labute approximate surface area is 240 Å². The number of nitro benzene ring substituents is 1. The van der Waals surface area contributed by atoms with E-state index in [4.69, 9.17) is 11.0 Å². The molecule has 0 aliphatic heterocycles. The molecule has 0 heterocycles. The molecule has 0 saturated heterocycles. The largest absolute Gasteiger partial charge is 0.388 e. The van der Waals surface area contributed by atoms with E-state index >= 15 is 0 Å². The Morgan fingerprint density at radius 1 is 0.952 bits per heavy atom. The summed E-state index contributed by atoms with van der Waals surface area (Å²) in [5.74, 6) is 0. The van der Waals surface area contributed by atoms with Gasteiger partial charge in [0.2, 0.25) is 0 Å². The van der Waals surface area contributed by atoms with Crippen molar-refractivity contribution in [2.75, 3.05) is 23.0 Å². The molecule has 42 heavy (non-hydrogen) atoms. The van der Waals surface area contributed by atoms with Gasteiger partial charge in [-0.25, -0.2) is 10.1 Å². The van der Waals surface area contributed by atoms with E-state index in [0.717, 1.165) is 18.2 Å². The van der Waals surface area contributed by atoms with Gasteiger partial charge in [0.1, 0.15) is 21.2 Å². The zero-order chi connectivity index (χ0) is 31.2. The number of nitrogens with one attached hydrogen (secondary N) is 3. The number of urea groups is 1. The molecular formula is C20H19N7O12S3. The maximum absolute atomic E-state index is 12.3. The fourth-order valence-corrected chi connectivity index (χ4v) is 5.02. The van der Waals surface area contributed by atoms with Gasteiger partial charge in [0.15, 0.2) is 0 Å². The Bertz CT molecular complexity index is 1780. The van der Waals surface area contributed by atoms with Crippen LogP contribution in [0, 0.1) is 10.1 Å². The number of nitrogens with zero attached hydrogens (tertiary/aromatic N) is 3. The lowest BCUT2D eigenvalue weighted by Gasteiger charge is -2.15. The second-order valence-electron chi connectivity index (χ2n) is 7.73. The van der Waals surface area contributed by atoms with E-state index in [0.29, 0.717) is 17.8 Å². The molecule has 0 atom stereocenters. The number of nitro groups is 1. The second kappa shape index (κ2) is 13.0. The summed E-state index contributed by atoms with van der Waals surface area (Å²) in [5.41, 5.74) is 3.63. The van der Waals surface area contributed by atoms with Crippen LogP contribution in [0.1, 0.15) is 0 Å². The van der Waals surface area contributed by atoms with Crippen LogP contribution >= 0.6 is 12.0 Å². The highest BCUT2D eigenvalue weighted by atomic mass is 32.2. The number of hydrogen-bond acceptors (Lipinski definition) is 15. The van der Waals surface area contributed by atoms with E-state index in [1.165, 1.54) is 18.2 Å². The normalized spacial score (nSPS) is 11.8. The van der Waals surface area contributed by atoms with E-state index in [2.05, 4.69) is 35.6 Å². The summed E-state index contributed by atoms with van der Waals surface area (Å²) >= 11 is 0.242. The van der Waals surface area contributed by atoms with Crippen LogP contribution in [0.25, 0.3) is 0 Å². The molecular weight excluding hydrogens is 626 g/mol. The molecule has 0 saturated carbocycles. The smallest absolute Gasteiger partial charge is 0.316 e. The summed E-state index contributed by atoms with van der Waals surface area (Å²) in [6.45, 7) is 0. The zero-order valence-electron chi connectivity index (χ0n) is 20.8. The molecule has 19 nitrogen and oxygen atoms in total. The molecule has 0 aliphatic rings. The average molecular weight is 646 g/mol. The second-order valence-corrected chi connectivity index (χ2v) is 11.2. The molecule has 22 heteroatoms. The Kier molecular flexibility index (Phi) is 9.97. The van der Waals surface area contributed by atoms with Crippen molar-refractivity contribution < 1.29 is 50.3 Å². The van der Waals surface area contributed by atoms with Crippen LogP contribution in [0.2, 0.25) is 0 Å². The first-order valence-electron chi connectivity index (χ1n) is 10.8. The van der Waals surface area contributed by atoms with Crippen LogP contribution in [-0.4, -0.2) is 49.2 Å². The topological polar surface area (TPSA) is 294 Å². The van der Waals surface area contributed by atoms with Crippen molar-refractivity contribution in [3.05, 3.63) is 58.6 Å². The standard InChI is InChI=1S/C20H19N7O12S3/c1-22-10-2-4-12(14(6-10)24-20(21)28)25-26-16-9-18(41(32,33)34)15(8-19(16)42(35,36)37)23-13-5-3-11(27(29)30)7-17(13)40-39-38-31/h2-9,22-23,31H,1H3,(H3,21,24,28)(H,32,33,34)(H,35,36,37). The van der Waals surface area contributed by atoms with Gasteiger partial charge in [-0.2, -0.15) is 16.8 Å². The molecule has 0 unspecified atom stereocenters. The number of primary amides is 1. The lowest BCUT2D eigenvalue weighted by Crippen LogP contribution is -2.19. The van der Waals surface area contributed by atoms with E-state index in [1.807, 2.05) is 0 Å². The van der Waals surface area contributed by atoms with Gasteiger partial charge in [0.05, 0.1) is 38.9 Å². The maximum atomic E-state index is 12.3. The van der Waals surface area contributed by atoms with Gasteiger partial charge in [0, 0.05) is 24.9 Å². The van der Waals surface area contributed by atoms with Crippen molar-refractivity contribution >= 4 is 78.1 Å². The van der Waals surface area contributed by atoms with Crippen molar-refractivity contribution in [3.8, 4) is 0 Å². The SMILES string of the molecule is CNc1ccc(N=Nc2cc(S(=O)(=O)O)c(Nc3ccc([N+](=O)[O-])cc3SOOO)cc2S(=O)(=O)O)c(NC(N)=O)c1. The van der Waals surface area contributed by atoms with E-state index < -0.39 is 58.0 Å². The number of azo groups is 1. The molecule has 0 spiro atoms. The fourth-order valence-electron chi connectivity index (χ4n) is 3.26. The monoisotopic (exact) mass is 645 g/mol. The van der Waals surface area contributed by atoms with Crippen molar-refractivity contribution in [2.45, 2.75) is 14.7 Å². The number of rotatable bonds is 12. The first kappa shape index (κ1) is 32.1. The van der Waals surface area contributed by atoms with Gasteiger partial charge in [-0.15, -0.1) is 14.6 Å². The molecule has 0 bridgehead atoms. The van der Waals surface area contributed by atoms with Crippen molar-refractivity contribution in [3.63, 3.8) is 0 Å². The van der Waals surface area contributed by atoms with Crippen LogP contribution in [0.4, 0.5) is 44.6 Å². The van der Waals surface area contributed by atoms with Crippen LogP contribution in [0.5, 0.6) is 0 Å². The molecule has 3 aromatic carbocycles. The first-order chi connectivity index (χ1) is 19.6. The molecule has 0 aromatic heterocycles. The molecule has 0 fully saturated rings. The highest BCUT2D eigenvalue weighted by Gasteiger charge is 2.26. The summed E-state index contributed by atoms with van der Waals surface area (Å²) in [6.07, 6.45) is 0. The van der Waals surface area contributed by atoms with Crippen molar-refractivity contribution in [1.82, 2.24) is 0 Å². The van der Waals surface area contributed by atoms with Gasteiger partial charge in [-0.1, -0.05) is 5.04 Å². The Hall–Kier alpha value is -4.42. The number of hydrogen-bond donors (Lipinski definition) is 7. The molecule has 0 radical (unpaired) electrons. The lowest BCUT2D eigenvalue weighted by atomic mass is 10.2. The van der Waals surface area contributed by atoms with E-state index in [9.17, 15) is 40.8 Å². The predicted molar refractivity (Wildman–Crippen MR) is 146 cm³/mol. The summed E-state index contributed by atoms with van der Waals surface area (Å²) in [5, 5.41) is 38.2. The Morgan fingerprint density at radius 3 is 2.19 bits per heavy atom. The molecule has 3 rings (SSSR count). The average Bonchev–Trinajstić information content (AvgIpc) is 2.90. The van der Waals surface area contributed by atoms with Gasteiger partial charge >= 0.3 is 6.03 Å². The molecule has 3 aromatic rings. The Morgan fingerprint density at radius 2 is 1.62 bits per heavy atom. The minimum atomic E-state index is -5.14. The third-order valence-electron chi connectivity index (χ3n) is 5.03. The number of anilines is 4. The molecule has 0 aliphatic carbocycles. The highest BCUT2D eigenvalue weighted by Crippen LogP contribution is 2.39. The van der Waals surface area contributed by atoms with Crippen molar-refractivity contribution in [2.24, 2.45) is 16.0 Å². The zero-order valence-corrected chi connectivity index (χ0v) is 23.2. The quantitative estimate of drug-likeness (QED) is 0.0362. The minimum Gasteiger partial charge on any atom is -0.388 e. The van der Waals surface area contributed by atoms with E-state index in [-0.39, 0.29) is 34.0 Å². The summed E-state index contributed by atoms with van der Waals surface area (Å²) in [4.78, 5) is 19.7. The molecule has 2 amide bonds. The summed E-state index contributed by atoms with van der Waals surface area (Å²) in [7, 11) is -8.69. The van der Waals surface area contributed by atoms with Gasteiger partial charge in [0.25, 0.3) is 25.9 Å². The minimum absolute atomic E-state index is 0.0251. The van der Waals surface area contributed by atoms with Gasteiger partial charge in [-0.05, 0) is 36.4 Å². The maximum Gasteiger partial charge on any atom is 0.316 e. The van der Waals surface area contributed by atoms with Crippen LogP contribution in [0.15, 0.2) is 73.4 Å². The lowest BCUT2D eigenvalue weighted by molar-refractivity contribution is -0.432. The number of carbonyl (C=O) groups is 1. The predicted octanol–water partition coefficient (Wildman–Crippen LogP) is 4.21. The van der Waals surface area contributed by atoms with Crippen LogP contribution in [0.3, 0.4) is 0 Å². The van der Waals surface area contributed by atoms with Crippen LogP contribution < -0.4 is 21.7 Å². The molecule has 224 valence electrons. The molecule has 8 N–H and O–H groups in total. The number of nitrogens with two attached hydrogens (primary N) is 1. The third-order valence-corrected chi connectivity index (χ3v) is 7.45. The number of benzene rings is 3.